The van der Waals surface area contributed by atoms with E-state index in [-0.39, 0.29) is 17.8 Å². The van der Waals surface area contributed by atoms with Crippen LogP contribution in [0.5, 0.6) is 0 Å². The van der Waals surface area contributed by atoms with E-state index in [2.05, 4.69) is 0 Å². The molecule has 6 atom stereocenters. The molecule has 0 saturated heterocycles. The molecule has 4 rings (SSSR count). The predicted molar refractivity (Wildman–Crippen MR) is 103 cm³/mol. The molecule has 26 heavy (non-hydrogen) atoms. The molecule has 0 aliphatic heterocycles. The van der Waals surface area contributed by atoms with E-state index in [0.717, 1.165) is 49.9 Å². The van der Waals surface area contributed by atoms with Crippen molar-refractivity contribution >= 4 is 5.97 Å². The molecule has 1 N–H and O–H groups in total. The van der Waals surface area contributed by atoms with Gasteiger partial charge in [0.05, 0.1) is 7.11 Å². The summed E-state index contributed by atoms with van der Waals surface area (Å²) in [6.07, 6.45) is 17.2. The molecule has 0 amide bonds. The van der Waals surface area contributed by atoms with Crippen molar-refractivity contribution in [3.8, 4) is 0 Å². The van der Waals surface area contributed by atoms with Gasteiger partial charge in [0.25, 0.3) is 0 Å². The highest BCUT2D eigenvalue weighted by Crippen LogP contribution is 2.58. The molecule has 0 aromatic heterocycles. The summed E-state index contributed by atoms with van der Waals surface area (Å²) in [5.74, 6) is 2.78. The number of fused-ring (bicyclic) bond motifs is 3. The third kappa shape index (κ3) is 3.12. The monoisotopic (exact) mass is 362 g/mol. The summed E-state index contributed by atoms with van der Waals surface area (Å²) in [5, 5.41) is 12.0. The van der Waals surface area contributed by atoms with E-state index >= 15 is 0 Å². The van der Waals surface area contributed by atoms with E-state index in [4.69, 9.17) is 4.74 Å². The van der Waals surface area contributed by atoms with Crippen LogP contribution in [0.2, 0.25) is 0 Å². The zero-order valence-corrected chi connectivity index (χ0v) is 16.6. The first kappa shape index (κ1) is 18.8. The molecule has 4 saturated carbocycles. The van der Waals surface area contributed by atoms with Crippen molar-refractivity contribution in [2.45, 2.75) is 95.5 Å². The summed E-state index contributed by atoms with van der Waals surface area (Å²) >= 11 is 0. The minimum absolute atomic E-state index is 0.108. The smallest absolute Gasteiger partial charge is 0.338 e. The van der Waals surface area contributed by atoms with Crippen molar-refractivity contribution in [1.29, 1.82) is 0 Å². The third-order valence-corrected chi connectivity index (χ3v) is 8.77. The minimum atomic E-state index is -1.24. The fourth-order valence-corrected chi connectivity index (χ4v) is 7.65. The van der Waals surface area contributed by atoms with E-state index in [1.807, 2.05) is 0 Å². The van der Waals surface area contributed by atoms with Crippen LogP contribution in [-0.2, 0) is 9.53 Å². The quantitative estimate of drug-likeness (QED) is 0.710. The molecule has 0 spiro atoms. The normalized spacial score (nSPS) is 40.8. The Morgan fingerprint density at radius 3 is 2.08 bits per heavy atom. The summed E-state index contributed by atoms with van der Waals surface area (Å²) in [6.45, 7) is 0. The van der Waals surface area contributed by atoms with Gasteiger partial charge < -0.3 is 9.84 Å². The molecule has 4 aliphatic carbocycles. The molecule has 0 bridgehead atoms. The summed E-state index contributed by atoms with van der Waals surface area (Å²) in [6, 6.07) is 0. The lowest BCUT2D eigenvalue weighted by Crippen LogP contribution is -2.60. The number of hydrogen-bond acceptors (Lipinski definition) is 3. The lowest BCUT2D eigenvalue weighted by atomic mass is 9.50. The number of ether oxygens (including phenoxy) is 1. The molecule has 6 unspecified atom stereocenters. The van der Waals surface area contributed by atoms with Gasteiger partial charge in [0, 0.05) is 5.92 Å². The minimum Gasteiger partial charge on any atom is -0.467 e. The number of hydrogen-bond donors (Lipinski definition) is 1. The van der Waals surface area contributed by atoms with E-state index in [1.165, 1.54) is 64.9 Å². The molecule has 0 aromatic carbocycles. The third-order valence-electron chi connectivity index (χ3n) is 8.77. The molecule has 3 heteroatoms. The van der Waals surface area contributed by atoms with Gasteiger partial charge in [-0.15, -0.1) is 0 Å². The zero-order chi connectivity index (χ0) is 18.1. The second-order valence-corrected chi connectivity index (χ2v) is 9.81. The maximum absolute atomic E-state index is 13.0. The summed E-state index contributed by atoms with van der Waals surface area (Å²) < 4.78 is 5.25. The molecule has 4 fully saturated rings. The molecule has 148 valence electrons. The summed E-state index contributed by atoms with van der Waals surface area (Å²) in [7, 11) is 1.47. The highest BCUT2D eigenvalue weighted by Gasteiger charge is 2.58. The SMILES string of the molecule is COC(=O)C(O)(C1CCCCC1)C1CC2CCCCC2C2CCCCC21. The second-order valence-electron chi connectivity index (χ2n) is 9.81. The molecule has 0 heterocycles. The van der Waals surface area contributed by atoms with Gasteiger partial charge >= 0.3 is 5.97 Å². The van der Waals surface area contributed by atoms with Gasteiger partial charge in [0.2, 0.25) is 0 Å². The van der Waals surface area contributed by atoms with Crippen molar-refractivity contribution in [2.24, 2.45) is 35.5 Å². The fraction of sp³-hybridized carbons (Fsp3) is 0.957. The van der Waals surface area contributed by atoms with Crippen LogP contribution in [0.25, 0.3) is 0 Å². The van der Waals surface area contributed by atoms with Crippen LogP contribution in [0.1, 0.15) is 89.9 Å². The Morgan fingerprint density at radius 1 is 0.808 bits per heavy atom. The number of carbonyl (C=O) groups excluding carboxylic acids is 1. The lowest BCUT2D eigenvalue weighted by molar-refractivity contribution is -0.195. The largest absolute Gasteiger partial charge is 0.467 e. The Hall–Kier alpha value is -0.570. The van der Waals surface area contributed by atoms with Gasteiger partial charge in [-0.2, -0.15) is 0 Å². The first-order chi connectivity index (χ1) is 12.7. The average molecular weight is 363 g/mol. The first-order valence-corrected chi connectivity index (χ1v) is 11.5. The Labute approximate surface area is 159 Å². The van der Waals surface area contributed by atoms with Crippen molar-refractivity contribution in [3.05, 3.63) is 0 Å². The maximum Gasteiger partial charge on any atom is 0.338 e. The van der Waals surface area contributed by atoms with Gasteiger partial charge in [-0.05, 0) is 68.1 Å². The average Bonchev–Trinajstić information content (AvgIpc) is 2.72. The van der Waals surface area contributed by atoms with Crippen LogP contribution in [0.15, 0.2) is 0 Å². The van der Waals surface area contributed by atoms with E-state index < -0.39 is 5.60 Å². The zero-order valence-electron chi connectivity index (χ0n) is 16.6. The molecule has 4 aliphatic rings. The predicted octanol–water partition coefficient (Wildman–Crippen LogP) is 5.10. The highest BCUT2D eigenvalue weighted by atomic mass is 16.5. The standard InChI is InChI=1S/C23H38O3/c1-26-22(24)23(25,17-10-3-2-4-11-17)21-15-16-9-5-6-12-18(16)19-13-7-8-14-20(19)21/h16-21,25H,2-15H2,1H3. The number of esters is 1. The summed E-state index contributed by atoms with van der Waals surface area (Å²) in [5.41, 5.74) is -1.24. The van der Waals surface area contributed by atoms with Gasteiger partial charge in [0.15, 0.2) is 5.60 Å². The number of rotatable bonds is 3. The molecule has 3 nitrogen and oxygen atoms in total. The second kappa shape index (κ2) is 7.81. The molecule has 0 radical (unpaired) electrons. The van der Waals surface area contributed by atoms with Gasteiger partial charge in [-0.3, -0.25) is 0 Å². The van der Waals surface area contributed by atoms with Crippen LogP contribution in [0.3, 0.4) is 0 Å². The fourth-order valence-electron chi connectivity index (χ4n) is 7.65. The van der Waals surface area contributed by atoms with Crippen LogP contribution < -0.4 is 0 Å². The number of methoxy groups -OCH3 is 1. The van der Waals surface area contributed by atoms with Crippen LogP contribution >= 0.6 is 0 Å². The van der Waals surface area contributed by atoms with Crippen LogP contribution in [-0.4, -0.2) is 23.8 Å². The number of carbonyl (C=O) groups is 1. The van der Waals surface area contributed by atoms with Gasteiger partial charge in [-0.1, -0.05) is 51.4 Å². The first-order valence-electron chi connectivity index (χ1n) is 11.5. The topological polar surface area (TPSA) is 46.5 Å². The van der Waals surface area contributed by atoms with E-state index in [9.17, 15) is 9.90 Å². The molecular formula is C23H38O3. The van der Waals surface area contributed by atoms with E-state index in [0.29, 0.717) is 5.92 Å². The Morgan fingerprint density at radius 2 is 1.38 bits per heavy atom. The molecule has 0 aromatic rings. The Kier molecular flexibility index (Phi) is 5.64. The van der Waals surface area contributed by atoms with Crippen LogP contribution in [0, 0.1) is 35.5 Å². The van der Waals surface area contributed by atoms with Crippen molar-refractivity contribution < 1.29 is 14.6 Å². The van der Waals surface area contributed by atoms with E-state index in [1.54, 1.807) is 0 Å². The molecular weight excluding hydrogens is 324 g/mol. The highest BCUT2D eigenvalue weighted by molar-refractivity contribution is 5.80. The Bertz CT molecular complexity index is 498. The number of aliphatic hydroxyl groups is 1. The lowest BCUT2D eigenvalue weighted by Gasteiger charge is -2.56. The van der Waals surface area contributed by atoms with Crippen molar-refractivity contribution in [3.63, 3.8) is 0 Å². The van der Waals surface area contributed by atoms with Crippen LogP contribution in [0.4, 0.5) is 0 Å². The van der Waals surface area contributed by atoms with Gasteiger partial charge in [0.1, 0.15) is 0 Å². The van der Waals surface area contributed by atoms with Gasteiger partial charge in [-0.25, -0.2) is 4.79 Å². The summed E-state index contributed by atoms with van der Waals surface area (Å²) in [4.78, 5) is 13.0. The van der Waals surface area contributed by atoms with Crippen molar-refractivity contribution in [1.82, 2.24) is 0 Å². The van der Waals surface area contributed by atoms with Crippen molar-refractivity contribution in [2.75, 3.05) is 7.11 Å². The Balaban J connectivity index is 1.67. The maximum atomic E-state index is 13.0.